The Bertz CT molecular complexity index is 518. The number of amides is 2. The number of carbonyl (C=O) groups excluding carboxylic acids is 2. The summed E-state index contributed by atoms with van der Waals surface area (Å²) in [6.07, 6.45) is 0.674. The first-order valence-electron chi connectivity index (χ1n) is 7.21. The minimum Gasteiger partial charge on any atom is -0.355 e. The zero-order valence-corrected chi connectivity index (χ0v) is 13.4. The molecule has 2 saturated heterocycles. The third-order valence-electron chi connectivity index (χ3n) is 4.04. The predicted molar refractivity (Wildman–Crippen MR) is 78.4 cm³/mol. The maximum atomic E-state index is 12.0. The molecule has 2 unspecified atom stereocenters. The summed E-state index contributed by atoms with van der Waals surface area (Å²) in [4.78, 5) is 27.6. The van der Waals surface area contributed by atoms with Crippen LogP contribution in [0.25, 0.3) is 0 Å². The number of carbonyl (C=O) groups is 2. The molecule has 2 heterocycles. The van der Waals surface area contributed by atoms with E-state index in [1.807, 2.05) is 19.0 Å². The smallest absolute Gasteiger partial charge is 0.225 e. The molecule has 8 heteroatoms. The number of nitrogens with one attached hydrogen (secondary N) is 1. The molecule has 0 aromatic rings. The normalized spacial score (nSPS) is 28.3. The van der Waals surface area contributed by atoms with E-state index in [4.69, 9.17) is 0 Å². The molecule has 120 valence electrons. The number of likely N-dealkylation sites (tertiary alicyclic amines) is 1. The van der Waals surface area contributed by atoms with Crippen LogP contribution in [-0.4, -0.2) is 81.3 Å². The fraction of sp³-hybridized carbons (Fsp3) is 0.846. The van der Waals surface area contributed by atoms with Crippen LogP contribution in [0.1, 0.15) is 12.8 Å². The van der Waals surface area contributed by atoms with Gasteiger partial charge in [-0.2, -0.15) is 0 Å². The lowest BCUT2D eigenvalue weighted by Crippen LogP contribution is -2.40. The minimum atomic E-state index is -3.02. The number of hydrogen-bond donors (Lipinski definition) is 1. The van der Waals surface area contributed by atoms with Gasteiger partial charge in [-0.15, -0.1) is 0 Å². The molecular formula is C13H23N3O4S. The van der Waals surface area contributed by atoms with Gasteiger partial charge in [0.2, 0.25) is 11.8 Å². The van der Waals surface area contributed by atoms with E-state index in [-0.39, 0.29) is 41.7 Å². The van der Waals surface area contributed by atoms with Crippen LogP contribution in [0, 0.1) is 5.92 Å². The zero-order valence-electron chi connectivity index (χ0n) is 12.5. The summed E-state index contributed by atoms with van der Waals surface area (Å²) in [5.74, 6) is -0.407. The van der Waals surface area contributed by atoms with Gasteiger partial charge in [-0.3, -0.25) is 9.59 Å². The molecule has 0 spiro atoms. The zero-order chi connectivity index (χ0) is 15.6. The standard InChI is InChI=1S/C13H23N3O4S/c1-15(2)5-4-14-13(18)10-7-12(17)16(8-10)11-3-6-21(19,20)9-11/h10-11H,3-9H2,1-2H3,(H,14,18). The highest BCUT2D eigenvalue weighted by Gasteiger charge is 2.41. The summed E-state index contributed by atoms with van der Waals surface area (Å²) in [6, 6.07) is -0.248. The van der Waals surface area contributed by atoms with Crippen LogP contribution >= 0.6 is 0 Å². The molecule has 2 fully saturated rings. The van der Waals surface area contributed by atoms with Crippen LogP contribution < -0.4 is 5.32 Å². The van der Waals surface area contributed by atoms with E-state index in [2.05, 4.69) is 5.32 Å². The van der Waals surface area contributed by atoms with Gasteiger partial charge >= 0.3 is 0 Å². The number of hydrogen-bond acceptors (Lipinski definition) is 5. The third-order valence-corrected chi connectivity index (χ3v) is 5.79. The van der Waals surface area contributed by atoms with Crippen molar-refractivity contribution in [1.82, 2.24) is 15.1 Å². The number of rotatable bonds is 5. The van der Waals surface area contributed by atoms with Crippen LogP contribution in [0.15, 0.2) is 0 Å². The molecule has 21 heavy (non-hydrogen) atoms. The molecule has 2 aliphatic heterocycles. The van der Waals surface area contributed by atoms with Crippen LogP contribution in [-0.2, 0) is 19.4 Å². The lowest BCUT2D eigenvalue weighted by Gasteiger charge is -2.23. The minimum absolute atomic E-state index is 0.0354. The molecule has 0 aromatic heterocycles. The van der Waals surface area contributed by atoms with Crippen LogP contribution in [0.3, 0.4) is 0 Å². The molecule has 2 aliphatic rings. The van der Waals surface area contributed by atoms with Crippen molar-refractivity contribution in [2.24, 2.45) is 5.92 Å². The van der Waals surface area contributed by atoms with E-state index >= 15 is 0 Å². The Balaban J connectivity index is 1.86. The van der Waals surface area contributed by atoms with E-state index in [0.717, 1.165) is 6.54 Å². The van der Waals surface area contributed by atoms with Gasteiger partial charge < -0.3 is 15.1 Å². The molecule has 2 atom stereocenters. The van der Waals surface area contributed by atoms with E-state index in [1.165, 1.54) is 0 Å². The van der Waals surface area contributed by atoms with Gasteiger partial charge in [0.15, 0.2) is 9.84 Å². The van der Waals surface area contributed by atoms with Crippen LogP contribution in [0.5, 0.6) is 0 Å². The van der Waals surface area contributed by atoms with Crippen molar-refractivity contribution in [3.63, 3.8) is 0 Å². The fourth-order valence-corrected chi connectivity index (χ4v) is 4.56. The van der Waals surface area contributed by atoms with Crippen LogP contribution in [0.2, 0.25) is 0 Å². The number of sulfone groups is 1. The van der Waals surface area contributed by atoms with Crippen molar-refractivity contribution >= 4 is 21.7 Å². The van der Waals surface area contributed by atoms with Gasteiger partial charge in [-0.1, -0.05) is 0 Å². The van der Waals surface area contributed by atoms with Gasteiger partial charge in [0.1, 0.15) is 0 Å². The molecule has 0 radical (unpaired) electrons. The summed E-state index contributed by atoms with van der Waals surface area (Å²) in [5, 5.41) is 2.83. The highest BCUT2D eigenvalue weighted by Crippen LogP contribution is 2.26. The van der Waals surface area contributed by atoms with Crippen LogP contribution in [0.4, 0.5) is 0 Å². The summed E-state index contributed by atoms with van der Waals surface area (Å²) in [5.41, 5.74) is 0. The summed E-state index contributed by atoms with van der Waals surface area (Å²) in [7, 11) is 0.831. The quantitative estimate of drug-likeness (QED) is 0.681. The Morgan fingerprint density at radius 3 is 2.71 bits per heavy atom. The molecule has 2 amide bonds. The van der Waals surface area contributed by atoms with Gasteiger partial charge in [-0.05, 0) is 20.5 Å². The van der Waals surface area contributed by atoms with Crippen molar-refractivity contribution in [3.8, 4) is 0 Å². The van der Waals surface area contributed by atoms with Crippen molar-refractivity contribution in [2.75, 3.05) is 45.2 Å². The molecule has 0 saturated carbocycles. The molecule has 1 N–H and O–H groups in total. The fourth-order valence-electron chi connectivity index (χ4n) is 2.83. The lowest BCUT2D eigenvalue weighted by molar-refractivity contribution is -0.130. The van der Waals surface area contributed by atoms with Crippen molar-refractivity contribution in [2.45, 2.75) is 18.9 Å². The average molecular weight is 317 g/mol. The van der Waals surface area contributed by atoms with Gasteiger partial charge in [0.25, 0.3) is 0 Å². The topological polar surface area (TPSA) is 86.8 Å². The maximum absolute atomic E-state index is 12.0. The summed E-state index contributed by atoms with van der Waals surface area (Å²) in [6.45, 7) is 1.64. The average Bonchev–Trinajstić information content (AvgIpc) is 2.91. The van der Waals surface area contributed by atoms with Gasteiger partial charge in [0.05, 0.1) is 17.4 Å². The molecule has 0 bridgehead atoms. The van der Waals surface area contributed by atoms with Crippen molar-refractivity contribution < 1.29 is 18.0 Å². The highest BCUT2D eigenvalue weighted by molar-refractivity contribution is 7.91. The first kappa shape index (κ1) is 16.2. The van der Waals surface area contributed by atoms with E-state index in [1.54, 1.807) is 4.90 Å². The van der Waals surface area contributed by atoms with Crippen molar-refractivity contribution in [3.05, 3.63) is 0 Å². The van der Waals surface area contributed by atoms with Crippen molar-refractivity contribution in [1.29, 1.82) is 0 Å². The second-order valence-corrected chi connectivity index (χ2v) is 8.33. The number of likely N-dealkylation sites (N-methyl/N-ethyl adjacent to an activating group) is 1. The SMILES string of the molecule is CN(C)CCNC(=O)C1CC(=O)N(C2CCS(=O)(=O)C2)C1. The van der Waals surface area contributed by atoms with E-state index in [0.29, 0.717) is 19.5 Å². The number of nitrogens with zero attached hydrogens (tertiary/aromatic N) is 2. The van der Waals surface area contributed by atoms with E-state index < -0.39 is 9.84 Å². The molecule has 0 aromatic carbocycles. The Morgan fingerprint density at radius 1 is 1.43 bits per heavy atom. The molecule has 2 rings (SSSR count). The second kappa shape index (κ2) is 6.31. The largest absolute Gasteiger partial charge is 0.355 e. The van der Waals surface area contributed by atoms with Gasteiger partial charge in [0, 0.05) is 32.1 Å². The Hall–Kier alpha value is -1.15. The Labute approximate surface area is 125 Å². The molecule has 0 aliphatic carbocycles. The van der Waals surface area contributed by atoms with Gasteiger partial charge in [-0.25, -0.2) is 8.42 Å². The first-order valence-corrected chi connectivity index (χ1v) is 9.03. The lowest BCUT2D eigenvalue weighted by atomic mass is 10.1. The molecular weight excluding hydrogens is 294 g/mol. The Kier molecular flexibility index (Phi) is 4.88. The highest BCUT2D eigenvalue weighted by atomic mass is 32.2. The Morgan fingerprint density at radius 2 is 2.14 bits per heavy atom. The monoisotopic (exact) mass is 317 g/mol. The van der Waals surface area contributed by atoms with E-state index in [9.17, 15) is 18.0 Å². The first-order chi connectivity index (χ1) is 9.78. The summed E-state index contributed by atoms with van der Waals surface area (Å²) < 4.78 is 23.0. The summed E-state index contributed by atoms with van der Waals surface area (Å²) >= 11 is 0. The molecule has 7 nitrogen and oxygen atoms in total. The maximum Gasteiger partial charge on any atom is 0.225 e. The predicted octanol–water partition coefficient (Wildman–Crippen LogP) is -1.30. The second-order valence-electron chi connectivity index (χ2n) is 6.10. The third kappa shape index (κ3) is 4.16.